The van der Waals surface area contributed by atoms with Gasteiger partial charge in [0.05, 0.1) is 24.8 Å². The van der Waals surface area contributed by atoms with E-state index in [4.69, 9.17) is 4.74 Å². The second-order valence-electron chi connectivity index (χ2n) is 5.29. The summed E-state index contributed by atoms with van der Waals surface area (Å²) in [6.07, 6.45) is 4.35. The highest BCUT2D eigenvalue weighted by Gasteiger charge is 2.41. The SMILES string of the molecule is CCNC(=NCc1cc(Br)cs1)NC1CC2CCC1O2.I. The van der Waals surface area contributed by atoms with Gasteiger partial charge in [0.1, 0.15) is 0 Å². The van der Waals surface area contributed by atoms with Crippen LogP contribution in [0.4, 0.5) is 0 Å². The predicted octanol–water partition coefficient (Wildman–Crippen LogP) is 3.50. The molecule has 2 N–H and O–H groups in total. The lowest BCUT2D eigenvalue weighted by atomic mass is 9.96. The minimum Gasteiger partial charge on any atom is -0.373 e. The van der Waals surface area contributed by atoms with Gasteiger partial charge >= 0.3 is 0 Å². The molecule has 1 aromatic heterocycles. The van der Waals surface area contributed by atoms with Crippen LogP contribution in [-0.4, -0.2) is 30.8 Å². The molecular weight excluding hydrogens is 465 g/mol. The second-order valence-corrected chi connectivity index (χ2v) is 7.20. The summed E-state index contributed by atoms with van der Waals surface area (Å²) in [7, 11) is 0. The molecule has 3 heterocycles. The van der Waals surface area contributed by atoms with Crippen molar-refractivity contribution >= 4 is 57.2 Å². The molecule has 2 aliphatic heterocycles. The van der Waals surface area contributed by atoms with Crippen LogP contribution in [0.5, 0.6) is 0 Å². The molecule has 2 bridgehead atoms. The van der Waals surface area contributed by atoms with Crippen LogP contribution in [0.1, 0.15) is 31.1 Å². The summed E-state index contributed by atoms with van der Waals surface area (Å²) < 4.78 is 7.01. The van der Waals surface area contributed by atoms with Crippen molar-refractivity contribution in [3.63, 3.8) is 0 Å². The topological polar surface area (TPSA) is 45.7 Å². The zero-order valence-electron chi connectivity index (χ0n) is 12.0. The van der Waals surface area contributed by atoms with Crippen molar-refractivity contribution < 1.29 is 4.74 Å². The average molecular weight is 486 g/mol. The summed E-state index contributed by atoms with van der Waals surface area (Å²) in [6, 6.07) is 2.54. The number of nitrogens with zero attached hydrogens (tertiary/aromatic N) is 1. The van der Waals surface area contributed by atoms with Crippen LogP contribution in [0.25, 0.3) is 0 Å². The largest absolute Gasteiger partial charge is 0.373 e. The number of guanidine groups is 1. The first-order valence-corrected chi connectivity index (χ1v) is 8.85. The molecule has 4 nitrogen and oxygen atoms in total. The molecule has 2 aliphatic rings. The molecule has 0 spiro atoms. The molecule has 2 fully saturated rings. The summed E-state index contributed by atoms with van der Waals surface area (Å²) in [6.45, 7) is 3.69. The molecule has 3 atom stereocenters. The summed E-state index contributed by atoms with van der Waals surface area (Å²) in [5.74, 6) is 0.901. The highest BCUT2D eigenvalue weighted by atomic mass is 127. The van der Waals surface area contributed by atoms with E-state index in [9.17, 15) is 0 Å². The first kappa shape index (κ1) is 17.5. The summed E-state index contributed by atoms with van der Waals surface area (Å²) in [5, 5.41) is 8.95. The monoisotopic (exact) mass is 485 g/mol. The van der Waals surface area contributed by atoms with Crippen molar-refractivity contribution in [2.75, 3.05) is 6.54 Å². The van der Waals surface area contributed by atoms with E-state index in [1.807, 2.05) is 0 Å². The van der Waals surface area contributed by atoms with Crippen LogP contribution < -0.4 is 10.6 Å². The Hall–Kier alpha value is 0.140. The summed E-state index contributed by atoms with van der Waals surface area (Å²) in [5.41, 5.74) is 0. The van der Waals surface area contributed by atoms with Gasteiger partial charge in [-0.05, 0) is 48.2 Å². The zero-order chi connectivity index (χ0) is 13.9. The maximum Gasteiger partial charge on any atom is 0.191 e. The van der Waals surface area contributed by atoms with Crippen LogP contribution in [0.15, 0.2) is 20.9 Å². The number of ether oxygens (including phenoxy) is 1. The van der Waals surface area contributed by atoms with E-state index in [-0.39, 0.29) is 24.0 Å². The number of rotatable bonds is 4. The van der Waals surface area contributed by atoms with Gasteiger partial charge in [0.2, 0.25) is 0 Å². The lowest BCUT2D eigenvalue weighted by molar-refractivity contribution is 0.0992. The van der Waals surface area contributed by atoms with Gasteiger partial charge in [-0.1, -0.05) is 0 Å². The smallest absolute Gasteiger partial charge is 0.191 e. The van der Waals surface area contributed by atoms with Gasteiger partial charge in [0.25, 0.3) is 0 Å². The summed E-state index contributed by atoms with van der Waals surface area (Å²) >= 11 is 5.21. The quantitative estimate of drug-likeness (QED) is 0.389. The molecule has 3 rings (SSSR count). The van der Waals surface area contributed by atoms with E-state index in [2.05, 4.69) is 49.9 Å². The lowest BCUT2D eigenvalue weighted by Crippen LogP contribution is -2.47. The van der Waals surface area contributed by atoms with Crippen molar-refractivity contribution in [2.45, 2.75) is 51.0 Å². The third-order valence-corrected chi connectivity index (χ3v) is 5.47. The Labute approximate surface area is 155 Å². The van der Waals surface area contributed by atoms with Crippen LogP contribution in [0, 0.1) is 0 Å². The third-order valence-electron chi connectivity index (χ3n) is 3.79. The van der Waals surface area contributed by atoms with Crippen molar-refractivity contribution in [1.82, 2.24) is 10.6 Å². The second kappa shape index (κ2) is 8.12. The Balaban J connectivity index is 0.00000161. The maximum absolute atomic E-state index is 5.88. The number of hydrogen-bond acceptors (Lipinski definition) is 3. The molecular formula is C14H21BrIN3OS. The van der Waals surface area contributed by atoms with Crippen molar-refractivity contribution in [3.05, 3.63) is 20.8 Å². The molecule has 0 saturated carbocycles. The fourth-order valence-electron chi connectivity index (χ4n) is 2.88. The van der Waals surface area contributed by atoms with Crippen molar-refractivity contribution in [1.29, 1.82) is 0 Å². The maximum atomic E-state index is 5.88. The molecule has 2 saturated heterocycles. The van der Waals surface area contributed by atoms with E-state index >= 15 is 0 Å². The van der Waals surface area contributed by atoms with E-state index in [1.54, 1.807) is 11.3 Å². The van der Waals surface area contributed by atoms with Gasteiger partial charge in [-0.2, -0.15) is 0 Å². The molecule has 7 heteroatoms. The van der Waals surface area contributed by atoms with Gasteiger partial charge in [-0.25, -0.2) is 4.99 Å². The fraction of sp³-hybridized carbons (Fsp3) is 0.643. The third kappa shape index (κ3) is 4.56. The van der Waals surface area contributed by atoms with Gasteiger partial charge in [-0.15, -0.1) is 35.3 Å². The van der Waals surface area contributed by atoms with Gasteiger partial charge < -0.3 is 15.4 Å². The number of aliphatic imine (C=N–C) groups is 1. The molecule has 0 aromatic carbocycles. The standard InChI is InChI=1S/C14H20BrN3OS.HI/c1-2-16-14(17-7-11-5-9(15)8-20-11)18-12-6-10-3-4-13(12)19-10;/h5,8,10,12-13H,2-4,6-7H2,1H3,(H2,16,17,18);1H. The molecule has 3 unspecified atom stereocenters. The molecule has 21 heavy (non-hydrogen) atoms. The number of hydrogen-bond donors (Lipinski definition) is 2. The van der Waals surface area contributed by atoms with Gasteiger partial charge in [0.15, 0.2) is 5.96 Å². The highest BCUT2D eigenvalue weighted by Crippen LogP contribution is 2.34. The van der Waals surface area contributed by atoms with Crippen LogP contribution >= 0.6 is 51.2 Å². The van der Waals surface area contributed by atoms with Crippen molar-refractivity contribution in [2.24, 2.45) is 4.99 Å². The number of thiophene rings is 1. The molecule has 118 valence electrons. The lowest BCUT2D eigenvalue weighted by Gasteiger charge is -2.22. The number of nitrogens with one attached hydrogen (secondary N) is 2. The van der Waals surface area contributed by atoms with Crippen LogP contribution in [0.3, 0.4) is 0 Å². The minimum atomic E-state index is 0. The Morgan fingerprint density at radius 2 is 2.38 bits per heavy atom. The predicted molar refractivity (Wildman–Crippen MR) is 102 cm³/mol. The van der Waals surface area contributed by atoms with E-state index in [0.29, 0.717) is 24.8 Å². The van der Waals surface area contributed by atoms with E-state index < -0.39 is 0 Å². The normalized spacial score (nSPS) is 27.5. The number of halogens is 2. The average Bonchev–Trinajstić information content (AvgIpc) is 3.13. The molecule has 0 radical (unpaired) electrons. The van der Waals surface area contributed by atoms with Gasteiger partial charge in [-0.3, -0.25) is 0 Å². The Kier molecular flexibility index (Phi) is 6.77. The fourth-order valence-corrected chi connectivity index (χ4v) is 4.25. The van der Waals surface area contributed by atoms with Crippen LogP contribution in [0.2, 0.25) is 0 Å². The Bertz CT molecular complexity index is 496. The number of fused-ring (bicyclic) bond motifs is 2. The molecule has 0 amide bonds. The van der Waals surface area contributed by atoms with Crippen LogP contribution in [-0.2, 0) is 11.3 Å². The first-order valence-electron chi connectivity index (χ1n) is 7.18. The first-order chi connectivity index (χ1) is 9.74. The highest BCUT2D eigenvalue weighted by molar-refractivity contribution is 14.0. The minimum absolute atomic E-state index is 0. The summed E-state index contributed by atoms with van der Waals surface area (Å²) in [4.78, 5) is 5.93. The molecule has 1 aromatic rings. The Morgan fingerprint density at radius 3 is 2.95 bits per heavy atom. The van der Waals surface area contributed by atoms with Crippen molar-refractivity contribution in [3.8, 4) is 0 Å². The van der Waals surface area contributed by atoms with E-state index in [0.717, 1.165) is 23.4 Å². The Morgan fingerprint density at radius 1 is 1.52 bits per heavy atom. The van der Waals surface area contributed by atoms with Gasteiger partial charge in [0, 0.05) is 21.3 Å². The van der Waals surface area contributed by atoms with E-state index in [1.165, 1.54) is 17.7 Å². The zero-order valence-corrected chi connectivity index (χ0v) is 16.7. The molecule has 0 aliphatic carbocycles.